The third-order valence-corrected chi connectivity index (χ3v) is 4.48. The maximum Gasteiger partial charge on any atom is 0.278 e. The van der Waals surface area contributed by atoms with Crippen molar-refractivity contribution in [2.75, 3.05) is 0 Å². The molecule has 0 bridgehead atoms. The van der Waals surface area contributed by atoms with Crippen LogP contribution in [0.3, 0.4) is 0 Å². The van der Waals surface area contributed by atoms with Gasteiger partial charge >= 0.3 is 0 Å². The topological polar surface area (TPSA) is 61.0 Å². The monoisotopic (exact) mass is 311 g/mol. The maximum atomic E-state index is 12.5. The van der Waals surface area contributed by atoms with Crippen LogP contribution in [-0.4, -0.2) is 21.6 Å². The van der Waals surface area contributed by atoms with Crippen molar-refractivity contribution in [2.24, 2.45) is 4.99 Å². The summed E-state index contributed by atoms with van der Waals surface area (Å²) < 4.78 is 0. The smallest absolute Gasteiger partial charge is 0.278 e. The van der Waals surface area contributed by atoms with Crippen LogP contribution >= 0.6 is 0 Å². The van der Waals surface area contributed by atoms with Crippen LogP contribution in [-0.2, 0) is 4.79 Å². The first-order chi connectivity index (χ1) is 11.8. The number of nitrogens with zero attached hydrogens (tertiary/aromatic N) is 1. The number of carbonyl (C=O) groups is 1. The van der Waals surface area contributed by atoms with Gasteiger partial charge in [0.15, 0.2) is 0 Å². The minimum absolute atomic E-state index is 0.194. The summed E-state index contributed by atoms with van der Waals surface area (Å²) in [5.74, 6) is -0.194. The number of hydrogen-bond donors (Lipinski definition) is 2. The summed E-state index contributed by atoms with van der Waals surface area (Å²) in [6.45, 7) is 0. The third-order valence-electron chi connectivity index (χ3n) is 4.48. The molecule has 24 heavy (non-hydrogen) atoms. The van der Waals surface area contributed by atoms with Crippen LogP contribution in [0.5, 0.6) is 0 Å². The van der Waals surface area contributed by atoms with E-state index in [4.69, 9.17) is 0 Å². The lowest BCUT2D eigenvalue weighted by Crippen LogP contribution is -1.93. The van der Waals surface area contributed by atoms with Crippen molar-refractivity contribution >= 4 is 39.0 Å². The van der Waals surface area contributed by atoms with Gasteiger partial charge in [0.2, 0.25) is 0 Å². The molecule has 1 aliphatic heterocycles. The molecule has 0 fully saturated rings. The highest BCUT2D eigenvalue weighted by Crippen LogP contribution is 2.30. The van der Waals surface area contributed by atoms with E-state index in [0.717, 1.165) is 32.9 Å². The quantitative estimate of drug-likeness (QED) is 0.576. The van der Waals surface area contributed by atoms with E-state index in [0.29, 0.717) is 11.3 Å². The fraction of sp³-hybridized carbons (Fsp3) is 0. The largest absolute Gasteiger partial charge is 0.361 e. The maximum absolute atomic E-state index is 12.5. The zero-order valence-corrected chi connectivity index (χ0v) is 12.7. The Bertz CT molecular complexity index is 1100. The van der Waals surface area contributed by atoms with Crippen LogP contribution in [0.25, 0.3) is 27.4 Å². The number of allylic oxidation sites excluding steroid dienone is 1. The predicted octanol–water partition coefficient (Wildman–Crippen LogP) is 4.06. The first kappa shape index (κ1) is 13.1. The van der Waals surface area contributed by atoms with Crippen molar-refractivity contribution in [1.82, 2.24) is 9.97 Å². The van der Waals surface area contributed by atoms with Gasteiger partial charge in [-0.25, -0.2) is 4.99 Å². The van der Waals surface area contributed by atoms with Gasteiger partial charge < -0.3 is 9.97 Å². The van der Waals surface area contributed by atoms with Gasteiger partial charge in [-0.15, -0.1) is 0 Å². The van der Waals surface area contributed by atoms with Gasteiger partial charge in [0, 0.05) is 45.3 Å². The van der Waals surface area contributed by atoms with Crippen LogP contribution in [0.2, 0.25) is 0 Å². The van der Waals surface area contributed by atoms with E-state index in [-0.39, 0.29) is 5.91 Å². The van der Waals surface area contributed by atoms with Gasteiger partial charge in [-0.2, -0.15) is 0 Å². The first-order valence-corrected chi connectivity index (χ1v) is 7.79. The van der Waals surface area contributed by atoms with Gasteiger partial charge in [-0.05, 0) is 18.2 Å². The molecule has 5 rings (SSSR count). The lowest BCUT2D eigenvalue weighted by Gasteiger charge is -1.97. The molecule has 0 atom stereocenters. The van der Waals surface area contributed by atoms with Crippen molar-refractivity contribution in [2.45, 2.75) is 0 Å². The number of aromatic nitrogens is 2. The lowest BCUT2D eigenvalue weighted by molar-refractivity contribution is -0.112. The molecule has 1 aliphatic rings. The van der Waals surface area contributed by atoms with E-state index in [1.807, 2.05) is 67.0 Å². The second-order valence-corrected chi connectivity index (χ2v) is 5.86. The molecule has 3 heterocycles. The van der Waals surface area contributed by atoms with E-state index in [9.17, 15) is 4.79 Å². The summed E-state index contributed by atoms with van der Waals surface area (Å²) in [5.41, 5.74) is 5.24. The van der Waals surface area contributed by atoms with Gasteiger partial charge in [0.25, 0.3) is 5.91 Å². The zero-order chi connectivity index (χ0) is 16.1. The highest BCUT2D eigenvalue weighted by Gasteiger charge is 2.23. The Morgan fingerprint density at radius 1 is 0.750 bits per heavy atom. The van der Waals surface area contributed by atoms with Crippen molar-refractivity contribution in [3.8, 4) is 0 Å². The van der Waals surface area contributed by atoms with Crippen LogP contribution in [0, 0.1) is 0 Å². The van der Waals surface area contributed by atoms with Gasteiger partial charge in [0.1, 0.15) is 0 Å². The Kier molecular flexibility index (Phi) is 2.61. The number of rotatable bonds is 2. The molecule has 0 saturated heterocycles. The SMILES string of the molecule is O=C1N=C(c2c[nH]c3ccccc23)C=C1c1c[nH]c2ccccc12. The number of nitrogens with one attached hydrogen (secondary N) is 2. The van der Waals surface area contributed by atoms with Gasteiger partial charge in [-0.3, -0.25) is 4.79 Å². The summed E-state index contributed by atoms with van der Waals surface area (Å²) in [7, 11) is 0. The van der Waals surface area contributed by atoms with Crippen LogP contribution in [0.4, 0.5) is 0 Å². The summed E-state index contributed by atoms with van der Waals surface area (Å²) in [4.78, 5) is 23.2. The Morgan fingerprint density at radius 3 is 2.04 bits per heavy atom. The summed E-state index contributed by atoms with van der Waals surface area (Å²) in [6.07, 6.45) is 5.67. The molecular formula is C20H13N3O. The molecule has 2 N–H and O–H groups in total. The second kappa shape index (κ2) is 4.80. The number of aliphatic imine (C=N–C) groups is 1. The molecule has 1 amide bonds. The average Bonchev–Trinajstić information content (AvgIpc) is 3.30. The molecule has 4 heteroatoms. The number of aromatic amines is 2. The number of hydrogen-bond acceptors (Lipinski definition) is 1. The third kappa shape index (κ3) is 1.80. The summed E-state index contributed by atoms with van der Waals surface area (Å²) >= 11 is 0. The number of benzene rings is 2. The summed E-state index contributed by atoms with van der Waals surface area (Å²) in [6, 6.07) is 16.0. The Hall–Kier alpha value is -3.40. The Morgan fingerprint density at radius 2 is 1.33 bits per heavy atom. The average molecular weight is 311 g/mol. The number of carbonyl (C=O) groups excluding carboxylic acids is 1. The summed E-state index contributed by atoms with van der Waals surface area (Å²) in [5, 5.41) is 2.10. The van der Waals surface area contributed by atoms with Crippen LogP contribution < -0.4 is 0 Å². The van der Waals surface area contributed by atoms with Crippen molar-refractivity contribution in [3.63, 3.8) is 0 Å². The molecule has 2 aromatic heterocycles. The molecule has 4 aromatic rings. The van der Waals surface area contributed by atoms with E-state index in [1.165, 1.54) is 0 Å². The number of amides is 1. The highest BCUT2D eigenvalue weighted by molar-refractivity contribution is 6.38. The minimum atomic E-state index is -0.194. The predicted molar refractivity (Wildman–Crippen MR) is 96.1 cm³/mol. The second-order valence-electron chi connectivity index (χ2n) is 5.86. The normalized spacial score (nSPS) is 14.4. The van der Waals surface area contributed by atoms with Crippen molar-refractivity contribution in [3.05, 3.63) is 78.1 Å². The van der Waals surface area contributed by atoms with Crippen LogP contribution in [0.1, 0.15) is 11.1 Å². The molecule has 0 spiro atoms. The van der Waals surface area contributed by atoms with Crippen molar-refractivity contribution in [1.29, 1.82) is 0 Å². The molecular weight excluding hydrogens is 298 g/mol. The Labute approximate surface area is 137 Å². The highest BCUT2D eigenvalue weighted by atomic mass is 16.1. The molecule has 2 aromatic carbocycles. The number of para-hydroxylation sites is 2. The molecule has 4 nitrogen and oxygen atoms in total. The zero-order valence-electron chi connectivity index (χ0n) is 12.7. The minimum Gasteiger partial charge on any atom is -0.361 e. The Balaban J connectivity index is 1.65. The molecule has 0 aliphatic carbocycles. The molecule has 114 valence electrons. The van der Waals surface area contributed by atoms with Crippen molar-refractivity contribution < 1.29 is 4.79 Å². The van der Waals surface area contributed by atoms with Gasteiger partial charge in [0.05, 0.1) is 11.3 Å². The van der Waals surface area contributed by atoms with E-state index in [2.05, 4.69) is 15.0 Å². The van der Waals surface area contributed by atoms with E-state index in [1.54, 1.807) is 0 Å². The van der Waals surface area contributed by atoms with E-state index >= 15 is 0 Å². The van der Waals surface area contributed by atoms with Crippen LogP contribution in [0.15, 0.2) is 72.0 Å². The fourth-order valence-corrected chi connectivity index (χ4v) is 3.31. The lowest BCUT2D eigenvalue weighted by atomic mass is 10.0. The fourth-order valence-electron chi connectivity index (χ4n) is 3.31. The first-order valence-electron chi connectivity index (χ1n) is 7.79. The standard InChI is InChI=1S/C20H13N3O/c24-20-14(15-10-21-17-7-3-1-5-12(15)17)9-19(23-20)16-11-22-18-8-4-2-6-13(16)18/h1-11,21-22H. The molecule has 0 saturated carbocycles. The number of H-pyrrole nitrogens is 2. The molecule has 0 radical (unpaired) electrons. The van der Waals surface area contributed by atoms with E-state index < -0.39 is 0 Å². The molecule has 0 unspecified atom stereocenters. The number of fused-ring (bicyclic) bond motifs is 2. The van der Waals surface area contributed by atoms with Gasteiger partial charge in [-0.1, -0.05) is 36.4 Å².